The van der Waals surface area contributed by atoms with E-state index in [1.165, 1.54) is 0 Å². The monoisotopic (exact) mass is 360 g/mol. The number of hydrogen-bond donors (Lipinski definition) is 1. The van der Waals surface area contributed by atoms with Crippen LogP contribution in [0.15, 0.2) is 71.5 Å². The number of benzene rings is 2. The Balaban J connectivity index is 1.57. The molecule has 0 aliphatic heterocycles. The van der Waals surface area contributed by atoms with Gasteiger partial charge in [0, 0.05) is 18.0 Å². The molecule has 27 heavy (non-hydrogen) atoms. The molecule has 0 spiro atoms. The topological polar surface area (TPSA) is 94.0 Å². The molecule has 2 aromatic carbocycles. The van der Waals surface area contributed by atoms with Crippen LogP contribution in [-0.2, 0) is 13.0 Å². The Bertz CT molecular complexity index is 1070. The summed E-state index contributed by atoms with van der Waals surface area (Å²) in [5.41, 5.74) is 1.83. The Morgan fingerprint density at radius 3 is 2.67 bits per heavy atom. The van der Waals surface area contributed by atoms with Crippen LogP contribution in [0, 0.1) is 0 Å². The van der Waals surface area contributed by atoms with Crippen LogP contribution in [0.4, 0.5) is 0 Å². The molecule has 2 heterocycles. The normalized spacial score (nSPS) is 10.8. The molecular weight excluding hydrogens is 344 g/mol. The Hall–Kier alpha value is -3.74. The fourth-order valence-electron chi connectivity index (χ4n) is 2.89. The van der Waals surface area contributed by atoms with Crippen molar-refractivity contribution >= 4 is 5.97 Å². The fraction of sp³-hybridized carbons (Fsp3) is 0.100. The van der Waals surface area contributed by atoms with Crippen LogP contribution in [0.1, 0.15) is 27.6 Å². The second-order valence-corrected chi connectivity index (χ2v) is 6.00. The lowest BCUT2D eigenvalue weighted by Crippen LogP contribution is -2.06. The van der Waals surface area contributed by atoms with Crippen LogP contribution >= 0.6 is 0 Å². The van der Waals surface area contributed by atoms with Crippen molar-refractivity contribution in [1.82, 2.24) is 19.7 Å². The van der Waals surface area contributed by atoms with E-state index in [9.17, 15) is 9.90 Å². The van der Waals surface area contributed by atoms with Gasteiger partial charge in [0.25, 0.3) is 0 Å². The molecule has 1 N–H and O–H groups in total. The van der Waals surface area contributed by atoms with E-state index in [4.69, 9.17) is 4.52 Å². The largest absolute Gasteiger partial charge is 0.478 e. The number of hydrogen-bond acceptors (Lipinski definition) is 5. The average molecular weight is 360 g/mol. The van der Waals surface area contributed by atoms with Gasteiger partial charge >= 0.3 is 5.97 Å². The summed E-state index contributed by atoms with van der Waals surface area (Å²) >= 11 is 0. The van der Waals surface area contributed by atoms with Crippen molar-refractivity contribution in [3.05, 3.63) is 89.8 Å². The smallest absolute Gasteiger partial charge is 0.336 e. The molecule has 0 amide bonds. The zero-order valence-electron chi connectivity index (χ0n) is 14.3. The van der Waals surface area contributed by atoms with Crippen LogP contribution in [0.3, 0.4) is 0 Å². The number of imidazole rings is 1. The average Bonchev–Trinajstić information content (AvgIpc) is 3.32. The molecule has 0 saturated heterocycles. The quantitative estimate of drug-likeness (QED) is 0.567. The Morgan fingerprint density at radius 1 is 1.07 bits per heavy atom. The molecule has 0 saturated carbocycles. The number of carbonyl (C=O) groups is 1. The molecule has 0 unspecified atom stereocenters. The minimum absolute atomic E-state index is 0.197. The van der Waals surface area contributed by atoms with E-state index in [-0.39, 0.29) is 5.56 Å². The molecule has 7 heteroatoms. The molecule has 2 aromatic heterocycles. The first-order chi connectivity index (χ1) is 13.2. The molecule has 0 atom stereocenters. The van der Waals surface area contributed by atoms with E-state index >= 15 is 0 Å². The van der Waals surface area contributed by atoms with Gasteiger partial charge in [-0.15, -0.1) is 0 Å². The van der Waals surface area contributed by atoms with Crippen LogP contribution in [-0.4, -0.2) is 30.8 Å². The SMILES string of the molecule is O=C(O)c1ccccc1-c1nccn1Cc1noc(Cc2ccccc2)n1. The van der Waals surface area contributed by atoms with Gasteiger partial charge in [0.1, 0.15) is 5.82 Å². The predicted octanol–water partition coefficient (Wildman–Crippen LogP) is 3.27. The van der Waals surface area contributed by atoms with Gasteiger partial charge in [0.05, 0.1) is 18.5 Å². The third-order valence-corrected chi connectivity index (χ3v) is 4.13. The van der Waals surface area contributed by atoms with Crippen LogP contribution in [0.2, 0.25) is 0 Å². The summed E-state index contributed by atoms with van der Waals surface area (Å²) in [7, 11) is 0. The lowest BCUT2D eigenvalue weighted by Gasteiger charge is -2.08. The second-order valence-electron chi connectivity index (χ2n) is 6.00. The zero-order chi connectivity index (χ0) is 18.6. The van der Waals surface area contributed by atoms with E-state index in [2.05, 4.69) is 15.1 Å². The van der Waals surface area contributed by atoms with Crippen molar-refractivity contribution in [2.75, 3.05) is 0 Å². The molecular formula is C20H16N4O3. The van der Waals surface area contributed by atoms with Crippen molar-refractivity contribution in [1.29, 1.82) is 0 Å². The first-order valence-corrected chi connectivity index (χ1v) is 8.40. The summed E-state index contributed by atoms with van der Waals surface area (Å²) in [6.07, 6.45) is 3.95. The van der Waals surface area contributed by atoms with E-state index in [0.717, 1.165) is 5.56 Å². The summed E-state index contributed by atoms with van der Waals surface area (Å²) < 4.78 is 7.14. The standard InChI is InChI=1S/C20H16N4O3/c25-20(26)16-9-5-4-8-15(16)19-21-10-11-24(19)13-17-22-18(27-23-17)12-14-6-2-1-3-7-14/h1-11H,12-13H2,(H,25,26). The van der Waals surface area contributed by atoms with Gasteiger partial charge in [-0.1, -0.05) is 53.7 Å². The van der Waals surface area contributed by atoms with Crippen molar-refractivity contribution in [3.63, 3.8) is 0 Å². The number of aromatic nitrogens is 4. The summed E-state index contributed by atoms with van der Waals surface area (Å²) in [6.45, 7) is 0.335. The molecule has 7 nitrogen and oxygen atoms in total. The molecule has 4 rings (SSSR count). The van der Waals surface area contributed by atoms with Crippen molar-refractivity contribution in [3.8, 4) is 11.4 Å². The molecule has 0 fully saturated rings. The van der Waals surface area contributed by atoms with Gasteiger partial charge in [-0.05, 0) is 11.6 Å². The van der Waals surface area contributed by atoms with Crippen molar-refractivity contribution in [2.24, 2.45) is 0 Å². The number of aromatic carboxylic acids is 1. The third kappa shape index (κ3) is 3.62. The number of carboxylic acids is 1. The minimum atomic E-state index is -0.996. The fourth-order valence-corrected chi connectivity index (χ4v) is 2.89. The molecule has 0 bridgehead atoms. The highest BCUT2D eigenvalue weighted by molar-refractivity contribution is 5.95. The first kappa shape index (κ1) is 16.7. The van der Waals surface area contributed by atoms with Gasteiger partial charge in [-0.2, -0.15) is 4.98 Å². The van der Waals surface area contributed by atoms with Crippen molar-refractivity contribution in [2.45, 2.75) is 13.0 Å². The van der Waals surface area contributed by atoms with Gasteiger partial charge in [0.2, 0.25) is 5.89 Å². The summed E-state index contributed by atoms with van der Waals surface area (Å²) in [6, 6.07) is 16.7. The maximum atomic E-state index is 11.5. The lowest BCUT2D eigenvalue weighted by molar-refractivity contribution is 0.0697. The third-order valence-electron chi connectivity index (χ3n) is 4.13. The highest BCUT2D eigenvalue weighted by atomic mass is 16.5. The van der Waals surface area contributed by atoms with E-state index < -0.39 is 5.97 Å². The predicted molar refractivity (Wildman–Crippen MR) is 97.3 cm³/mol. The number of nitrogens with zero attached hydrogens (tertiary/aromatic N) is 4. The van der Waals surface area contributed by atoms with E-state index in [0.29, 0.717) is 36.1 Å². The maximum absolute atomic E-state index is 11.5. The lowest BCUT2D eigenvalue weighted by atomic mass is 10.1. The number of carboxylic acid groups (broad SMARTS) is 1. The summed E-state index contributed by atoms with van der Waals surface area (Å²) in [5.74, 6) is 0.587. The van der Waals surface area contributed by atoms with Gasteiger partial charge in [-0.25, -0.2) is 9.78 Å². The summed E-state index contributed by atoms with van der Waals surface area (Å²) in [4.78, 5) is 20.2. The molecule has 4 aromatic rings. The Morgan fingerprint density at radius 2 is 1.85 bits per heavy atom. The highest BCUT2D eigenvalue weighted by Gasteiger charge is 2.16. The van der Waals surface area contributed by atoms with Gasteiger partial charge in [0.15, 0.2) is 5.82 Å². The minimum Gasteiger partial charge on any atom is -0.478 e. The second kappa shape index (κ2) is 7.25. The highest BCUT2D eigenvalue weighted by Crippen LogP contribution is 2.23. The first-order valence-electron chi connectivity index (χ1n) is 8.40. The van der Waals surface area contributed by atoms with Crippen LogP contribution in [0.5, 0.6) is 0 Å². The molecule has 0 aliphatic carbocycles. The number of rotatable bonds is 6. The van der Waals surface area contributed by atoms with Gasteiger partial charge in [-0.3, -0.25) is 0 Å². The summed E-state index contributed by atoms with van der Waals surface area (Å²) in [5, 5.41) is 13.4. The van der Waals surface area contributed by atoms with E-state index in [1.54, 1.807) is 41.2 Å². The zero-order valence-corrected chi connectivity index (χ0v) is 14.3. The molecule has 0 aliphatic rings. The molecule has 0 radical (unpaired) electrons. The maximum Gasteiger partial charge on any atom is 0.336 e. The van der Waals surface area contributed by atoms with Crippen LogP contribution < -0.4 is 0 Å². The Kier molecular flexibility index (Phi) is 4.49. The van der Waals surface area contributed by atoms with Crippen molar-refractivity contribution < 1.29 is 14.4 Å². The Labute approximate surface area is 154 Å². The van der Waals surface area contributed by atoms with Crippen LogP contribution in [0.25, 0.3) is 11.4 Å². The van der Waals surface area contributed by atoms with Gasteiger partial charge < -0.3 is 14.2 Å². The molecule has 134 valence electrons. The van der Waals surface area contributed by atoms with E-state index in [1.807, 2.05) is 30.3 Å².